The van der Waals surface area contributed by atoms with Gasteiger partial charge >= 0.3 is 12.1 Å². The van der Waals surface area contributed by atoms with Crippen LogP contribution in [0.3, 0.4) is 0 Å². The summed E-state index contributed by atoms with van der Waals surface area (Å²) < 4.78 is 11.5. The molecular formula is C25H35BrN2O6. The first-order valence-electron chi connectivity index (χ1n) is 11.4. The molecule has 1 fully saturated rings. The van der Waals surface area contributed by atoms with Crippen LogP contribution in [-0.4, -0.2) is 59.5 Å². The van der Waals surface area contributed by atoms with Gasteiger partial charge < -0.3 is 19.7 Å². The smallest absolute Gasteiger partial charge is 0.408 e. The zero-order valence-electron chi connectivity index (χ0n) is 20.8. The molecule has 0 spiro atoms. The highest BCUT2D eigenvalue weighted by Crippen LogP contribution is 2.26. The average molecular weight is 539 g/mol. The predicted octanol–water partition coefficient (Wildman–Crippen LogP) is 4.03. The number of nitrogens with zero attached hydrogens (tertiary/aromatic N) is 1. The number of carbonyl (C=O) groups is 4. The number of benzene rings is 1. The Morgan fingerprint density at radius 1 is 1.09 bits per heavy atom. The second-order valence-corrected chi connectivity index (χ2v) is 11.5. The molecule has 9 heteroatoms. The number of hydrogen-bond acceptors (Lipinski definition) is 6. The lowest BCUT2D eigenvalue weighted by molar-refractivity contribution is -0.156. The minimum Gasteiger partial charge on any atom is -0.456 e. The first kappa shape index (κ1) is 27.8. The Balaban J connectivity index is 2.01. The summed E-state index contributed by atoms with van der Waals surface area (Å²) in [6.45, 7) is 10.7. The van der Waals surface area contributed by atoms with Crippen molar-refractivity contribution in [3.8, 4) is 0 Å². The van der Waals surface area contributed by atoms with Gasteiger partial charge in [0.05, 0.1) is 0 Å². The van der Waals surface area contributed by atoms with E-state index in [1.807, 2.05) is 45.0 Å². The van der Waals surface area contributed by atoms with Crippen LogP contribution in [0, 0.1) is 5.41 Å². The quantitative estimate of drug-likeness (QED) is 0.525. The first-order valence-corrected chi connectivity index (χ1v) is 12.2. The Bertz CT molecular complexity index is 901. The Morgan fingerprint density at radius 2 is 1.71 bits per heavy atom. The molecule has 34 heavy (non-hydrogen) atoms. The van der Waals surface area contributed by atoms with Crippen molar-refractivity contribution in [3.05, 3.63) is 34.3 Å². The van der Waals surface area contributed by atoms with Gasteiger partial charge in [0.2, 0.25) is 5.91 Å². The maximum absolute atomic E-state index is 13.4. The molecule has 0 aliphatic carbocycles. The van der Waals surface area contributed by atoms with E-state index < -0.39 is 35.2 Å². The van der Waals surface area contributed by atoms with Crippen LogP contribution in [0.1, 0.15) is 59.9 Å². The van der Waals surface area contributed by atoms with E-state index in [9.17, 15) is 19.2 Å². The summed E-state index contributed by atoms with van der Waals surface area (Å²) in [7, 11) is 0. The van der Waals surface area contributed by atoms with E-state index in [0.717, 1.165) is 10.0 Å². The molecule has 0 bridgehead atoms. The fraction of sp³-hybridized carbons (Fsp3) is 0.600. The SMILES string of the molecule is CC(C)(C)OC(=O)NC(C(=O)N1CCCC1C(=O)OCC(=O)Cc1ccc(Br)cc1)C(C)(C)C. The van der Waals surface area contributed by atoms with Crippen molar-refractivity contribution in [2.24, 2.45) is 5.41 Å². The van der Waals surface area contributed by atoms with Gasteiger partial charge in [0, 0.05) is 17.4 Å². The lowest BCUT2D eigenvalue weighted by atomic mass is 9.85. The van der Waals surface area contributed by atoms with Gasteiger partial charge in [-0.25, -0.2) is 9.59 Å². The molecule has 1 aromatic carbocycles. The van der Waals surface area contributed by atoms with Gasteiger partial charge in [0.1, 0.15) is 24.3 Å². The lowest BCUT2D eigenvalue weighted by Gasteiger charge is -2.35. The van der Waals surface area contributed by atoms with Crippen molar-refractivity contribution in [2.75, 3.05) is 13.2 Å². The highest BCUT2D eigenvalue weighted by molar-refractivity contribution is 9.10. The number of ketones is 1. The van der Waals surface area contributed by atoms with Gasteiger partial charge in [-0.2, -0.15) is 0 Å². The number of ether oxygens (including phenoxy) is 2. The Labute approximate surface area is 209 Å². The van der Waals surface area contributed by atoms with Gasteiger partial charge in [-0.1, -0.05) is 48.8 Å². The molecule has 0 aromatic heterocycles. The van der Waals surface area contributed by atoms with E-state index >= 15 is 0 Å². The zero-order chi connectivity index (χ0) is 25.7. The fourth-order valence-electron chi connectivity index (χ4n) is 3.64. The van der Waals surface area contributed by atoms with Crippen molar-refractivity contribution in [1.82, 2.24) is 10.2 Å². The van der Waals surface area contributed by atoms with Crippen LogP contribution in [-0.2, 0) is 30.3 Å². The van der Waals surface area contributed by atoms with Crippen LogP contribution in [0.15, 0.2) is 28.7 Å². The summed E-state index contributed by atoms with van der Waals surface area (Å²) in [6.07, 6.45) is 0.522. The molecule has 8 nitrogen and oxygen atoms in total. The molecule has 1 aliphatic rings. The topological polar surface area (TPSA) is 102 Å². The largest absolute Gasteiger partial charge is 0.456 e. The highest BCUT2D eigenvalue weighted by Gasteiger charge is 2.43. The molecule has 2 atom stereocenters. The normalized spacial score (nSPS) is 17.1. The van der Waals surface area contributed by atoms with Gasteiger partial charge in [0.25, 0.3) is 0 Å². The maximum atomic E-state index is 13.4. The maximum Gasteiger partial charge on any atom is 0.408 e. The monoisotopic (exact) mass is 538 g/mol. The number of alkyl carbamates (subject to hydrolysis) is 1. The summed E-state index contributed by atoms with van der Waals surface area (Å²) in [6, 6.07) is 5.64. The standard InChI is InChI=1S/C25H35BrN2O6/c1-24(2,3)20(27-23(32)34-25(4,5)6)21(30)28-13-7-8-19(28)22(31)33-15-18(29)14-16-9-11-17(26)12-10-16/h9-12,19-20H,7-8,13-15H2,1-6H3,(H,27,32). The first-order chi connectivity index (χ1) is 15.7. The molecule has 1 heterocycles. The van der Waals surface area contributed by atoms with E-state index in [0.29, 0.717) is 19.4 Å². The number of carbonyl (C=O) groups excluding carboxylic acids is 4. The van der Waals surface area contributed by atoms with Crippen molar-refractivity contribution in [1.29, 1.82) is 0 Å². The molecule has 1 aromatic rings. The minimum atomic E-state index is -0.894. The summed E-state index contributed by atoms with van der Waals surface area (Å²) in [4.78, 5) is 52.2. The van der Waals surface area contributed by atoms with Crippen molar-refractivity contribution in [2.45, 2.75) is 78.5 Å². The third-order valence-corrected chi connectivity index (χ3v) is 5.80. The van der Waals surface area contributed by atoms with Crippen LogP contribution >= 0.6 is 15.9 Å². The van der Waals surface area contributed by atoms with Gasteiger partial charge in [-0.05, 0) is 56.7 Å². The van der Waals surface area contributed by atoms with E-state index in [-0.39, 0.29) is 24.7 Å². The number of amides is 2. The Hall–Kier alpha value is -2.42. The van der Waals surface area contributed by atoms with Gasteiger partial charge in [-0.3, -0.25) is 9.59 Å². The van der Waals surface area contributed by atoms with Gasteiger partial charge in [-0.15, -0.1) is 0 Å². The van der Waals surface area contributed by atoms with Crippen molar-refractivity contribution in [3.63, 3.8) is 0 Å². The molecule has 2 amide bonds. The molecule has 188 valence electrons. The highest BCUT2D eigenvalue weighted by atomic mass is 79.9. The number of hydrogen-bond donors (Lipinski definition) is 1. The zero-order valence-corrected chi connectivity index (χ0v) is 22.4. The second kappa shape index (κ2) is 11.3. The molecular weight excluding hydrogens is 504 g/mol. The fourth-order valence-corrected chi connectivity index (χ4v) is 3.91. The Kier molecular flexibility index (Phi) is 9.28. The van der Waals surface area contributed by atoms with Crippen LogP contribution in [0.4, 0.5) is 4.79 Å². The number of likely N-dealkylation sites (tertiary alicyclic amines) is 1. The molecule has 1 N–H and O–H groups in total. The number of nitrogens with one attached hydrogen (secondary N) is 1. The van der Waals surface area contributed by atoms with E-state index in [2.05, 4.69) is 21.2 Å². The van der Waals surface area contributed by atoms with Crippen molar-refractivity contribution >= 4 is 39.7 Å². The third-order valence-electron chi connectivity index (χ3n) is 5.27. The molecule has 1 saturated heterocycles. The third kappa shape index (κ3) is 8.42. The number of esters is 1. The summed E-state index contributed by atoms with van der Waals surface area (Å²) in [5.41, 5.74) is -0.507. The van der Waals surface area contributed by atoms with Crippen LogP contribution in [0.2, 0.25) is 0 Å². The van der Waals surface area contributed by atoms with E-state index in [4.69, 9.17) is 9.47 Å². The van der Waals surface area contributed by atoms with Crippen LogP contribution in [0.25, 0.3) is 0 Å². The summed E-state index contributed by atoms with van der Waals surface area (Å²) >= 11 is 3.35. The number of rotatable bonds is 7. The van der Waals surface area contributed by atoms with Gasteiger partial charge in [0.15, 0.2) is 5.78 Å². The molecule has 1 aliphatic heterocycles. The van der Waals surface area contributed by atoms with E-state index in [1.165, 1.54) is 4.90 Å². The molecule has 2 unspecified atom stereocenters. The second-order valence-electron chi connectivity index (χ2n) is 10.6. The molecule has 2 rings (SSSR count). The predicted molar refractivity (Wildman–Crippen MR) is 131 cm³/mol. The van der Waals surface area contributed by atoms with Crippen LogP contribution < -0.4 is 5.32 Å². The number of Topliss-reactive ketones (excluding diaryl/α,β-unsaturated/α-hetero) is 1. The average Bonchev–Trinajstić information content (AvgIpc) is 3.19. The summed E-state index contributed by atoms with van der Waals surface area (Å²) in [5, 5.41) is 2.67. The summed E-state index contributed by atoms with van der Waals surface area (Å²) in [5.74, 6) is -1.22. The minimum absolute atomic E-state index is 0.153. The van der Waals surface area contributed by atoms with Crippen molar-refractivity contribution < 1.29 is 28.7 Å². The van der Waals surface area contributed by atoms with E-state index in [1.54, 1.807) is 20.8 Å². The Morgan fingerprint density at radius 3 is 2.26 bits per heavy atom. The molecule has 0 radical (unpaired) electrons. The lowest BCUT2D eigenvalue weighted by Crippen LogP contribution is -2.57. The number of halogens is 1. The molecule has 0 saturated carbocycles. The van der Waals surface area contributed by atoms with Crippen LogP contribution in [0.5, 0.6) is 0 Å².